The van der Waals surface area contributed by atoms with Crippen LogP contribution in [-0.4, -0.2) is 27.5 Å². The fraction of sp³-hybridized carbons (Fsp3) is 0.500. The van der Waals surface area contributed by atoms with E-state index in [4.69, 9.17) is 5.73 Å². The third-order valence-electron chi connectivity index (χ3n) is 3.24. The number of rotatable bonds is 5. The number of hydrogen-bond donors (Lipinski definition) is 2. The number of aliphatic hydroxyl groups is 1. The van der Waals surface area contributed by atoms with E-state index in [1.807, 2.05) is 35.1 Å². The van der Waals surface area contributed by atoms with E-state index in [1.165, 1.54) is 0 Å². The van der Waals surface area contributed by atoms with Crippen LogP contribution in [0, 0.1) is 5.92 Å². The van der Waals surface area contributed by atoms with Crippen LogP contribution in [0.1, 0.15) is 26.3 Å². The van der Waals surface area contributed by atoms with Crippen LogP contribution in [0.5, 0.6) is 0 Å². The van der Waals surface area contributed by atoms with Crippen LogP contribution < -0.4 is 5.73 Å². The fourth-order valence-electron chi connectivity index (χ4n) is 2.35. The lowest BCUT2D eigenvalue weighted by Crippen LogP contribution is -2.36. The fourth-order valence-corrected chi connectivity index (χ4v) is 2.35. The Kier molecular flexibility index (Phi) is 3.99. The number of aromatic nitrogens is 2. The number of hydrogen-bond acceptors (Lipinski definition) is 3. The molecule has 4 nitrogen and oxygen atoms in total. The van der Waals surface area contributed by atoms with Crippen molar-refractivity contribution in [3.8, 4) is 0 Å². The van der Waals surface area contributed by atoms with Crippen LogP contribution >= 0.6 is 0 Å². The molecule has 0 bridgehead atoms. The Bertz CT molecular complexity index is 506. The van der Waals surface area contributed by atoms with E-state index >= 15 is 0 Å². The largest absolute Gasteiger partial charge is 0.394 e. The molecule has 0 fully saturated rings. The summed E-state index contributed by atoms with van der Waals surface area (Å²) in [6.45, 7) is 4.28. The average molecular weight is 247 g/mol. The maximum absolute atomic E-state index is 9.60. The quantitative estimate of drug-likeness (QED) is 0.848. The monoisotopic (exact) mass is 247 g/mol. The Morgan fingerprint density at radius 2 is 2.06 bits per heavy atom. The van der Waals surface area contributed by atoms with Gasteiger partial charge < -0.3 is 10.8 Å². The number of fused-ring (bicyclic) bond motifs is 1. The van der Waals surface area contributed by atoms with E-state index in [0.717, 1.165) is 17.3 Å². The molecular formula is C14H21N3O. The molecule has 0 amide bonds. The van der Waals surface area contributed by atoms with Crippen LogP contribution in [0.4, 0.5) is 0 Å². The van der Waals surface area contributed by atoms with E-state index in [1.54, 1.807) is 0 Å². The third kappa shape index (κ3) is 2.54. The summed E-state index contributed by atoms with van der Waals surface area (Å²) in [6, 6.07) is 7.73. The van der Waals surface area contributed by atoms with Crippen LogP contribution in [0.25, 0.3) is 10.9 Å². The first-order chi connectivity index (χ1) is 8.63. The Hall–Kier alpha value is -1.39. The lowest BCUT2D eigenvalue weighted by atomic mass is 9.98. The summed E-state index contributed by atoms with van der Waals surface area (Å²) in [6.07, 6.45) is 2.69. The third-order valence-corrected chi connectivity index (χ3v) is 3.24. The van der Waals surface area contributed by atoms with Crippen molar-refractivity contribution < 1.29 is 5.11 Å². The van der Waals surface area contributed by atoms with Gasteiger partial charge in [0.25, 0.3) is 0 Å². The van der Waals surface area contributed by atoms with Crippen molar-refractivity contribution in [2.75, 3.05) is 6.61 Å². The minimum Gasteiger partial charge on any atom is -0.394 e. The molecule has 18 heavy (non-hydrogen) atoms. The second-order valence-electron chi connectivity index (χ2n) is 5.19. The molecule has 4 heteroatoms. The Morgan fingerprint density at radius 1 is 1.33 bits per heavy atom. The Morgan fingerprint density at radius 3 is 2.72 bits per heavy atom. The predicted molar refractivity (Wildman–Crippen MR) is 73.3 cm³/mol. The molecule has 1 aromatic carbocycles. The number of nitrogens with zero attached hydrogens (tertiary/aromatic N) is 2. The summed E-state index contributed by atoms with van der Waals surface area (Å²) < 4.78 is 1.85. The highest BCUT2D eigenvalue weighted by Crippen LogP contribution is 2.21. The zero-order chi connectivity index (χ0) is 13.1. The van der Waals surface area contributed by atoms with Gasteiger partial charge in [-0.1, -0.05) is 32.0 Å². The highest BCUT2D eigenvalue weighted by molar-refractivity contribution is 5.78. The van der Waals surface area contributed by atoms with Gasteiger partial charge in [0.1, 0.15) is 0 Å². The smallest absolute Gasteiger partial charge is 0.0907 e. The van der Waals surface area contributed by atoms with Gasteiger partial charge in [0, 0.05) is 11.4 Å². The van der Waals surface area contributed by atoms with Gasteiger partial charge in [-0.2, -0.15) is 5.10 Å². The van der Waals surface area contributed by atoms with Crippen molar-refractivity contribution in [1.29, 1.82) is 0 Å². The van der Waals surface area contributed by atoms with Crippen LogP contribution in [-0.2, 0) is 0 Å². The number of para-hydroxylation sites is 1. The van der Waals surface area contributed by atoms with Gasteiger partial charge in [0.05, 0.1) is 24.4 Å². The molecule has 0 aliphatic heterocycles. The zero-order valence-electron chi connectivity index (χ0n) is 11.0. The summed E-state index contributed by atoms with van der Waals surface area (Å²) in [5, 5.41) is 15.0. The lowest BCUT2D eigenvalue weighted by Gasteiger charge is -2.24. The van der Waals surface area contributed by atoms with Crippen LogP contribution in [0.2, 0.25) is 0 Å². The second kappa shape index (κ2) is 5.50. The second-order valence-corrected chi connectivity index (χ2v) is 5.19. The van der Waals surface area contributed by atoms with Crippen LogP contribution in [0.15, 0.2) is 30.5 Å². The van der Waals surface area contributed by atoms with Crippen molar-refractivity contribution in [3.05, 3.63) is 30.5 Å². The van der Waals surface area contributed by atoms with Gasteiger partial charge in [-0.15, -0.1) is 0 Å². The van der Waals surface area contributed by atoms with Crippen molar-refractivity contribution in [2.45, 2.75) is 32.4 Å². The molecule has 0 aliphatic carbocycles. The topological polar surface area (TPSA) is 64.1 Å². The SMILES string of the molecule is CC(C)CC(N)C(CO)n1ncc2ccccc21. The lowest BCUT2D eigenvalue weighted by molar-refractivity contribution is 0.190. The maximum atomic E-state index is 9.60. The molecule has 0 spiro atoms. The highest BCUT2D eigenvalue weighted by Gasteiger charge is 2.22. The first kappa shape index (κ1) is 13.1. The number of nitrogens with two attached hydrogens (primary N) is 1. The zero-order valence-corrected chi connectivity index (χ0v) is 11.0. The summed E-state index contributed by atoms with van der Waals surface area (Å²) in [7, 11) is 0. The maximum Gasteiger partial charge on any atom is 0.0907 e. The summed E-state index contributed by atoms with van der Waals surface area (Å²) >= 11 is 0. The average Bonchev–Trinajstić information content (AvgIpc) is 2.73. The van der Waals surface area contributed by atoms with E-state index in [0.29, 0.717) is 5.92 Å². The molecule has 0 saturated carbocycles. The molecule has 1 aromatic heterocycles. The number of aliphatic hydroxyl groups excluding tert-OH is 1. The minimum absolute atomic E-state index is 0.0135. The molecule has 2 aromatic rings. The first-order valence-electron chi connectivity index (χ1n) is 6.42. The minimum atomic E-state index is -0.160. The molecule has 1 heterocycles. The number of benzene rings is 1. The summed E-state index contributed by atoms with van der Waals surface area (Å²) in [4.78, 5) is 0. The van der Waals surface area contributed by atoms with Crippen molar-refractivity contribution in [3.63, 3.8) is 0 Å². The predicted octanol–water partition coefficient (Wildman–Crippen LogP) is 1.94. The molecule has 0 radical (unpaired) electrons. The van der Waals surface area contributed by atoms with Gasteiger partial charge in [0.15, 0.2) is 0 Å². The molecule has 0 aliphatic rings. The molecule has 3 N–H and O–H groups in total. The Labute approximate surface area is 107 Å². The first-order valence-corrected chi connectivity index (χ1v) is 6.42. The summed E-state index contributed by atoms with van der Waals surface area (Å²) in [5.41, 5.74) is 7.21. The highest BCUT2D eigenvalue weighted by atomic mass is 16.3. The van der Waals surface area contributed by atoms with Gasteiger partial charge >= 0.3 is 0 Å². The van der Waals surface area contributed by atoms with E-state index in [-0.39, 0.29) is 18.7 Å². The normalized spacial score (nSPS) is 15.2. The standard InChI is InChI=1S/C14H21N3O/c1-10(2)7-12(15)14(9-18)17-13-6-4-3-5-11(13)8-16-17/h3-6,8,10,12,14,18H,7,9,15H2,1-2H3. The van der Waals surface area contributed by atoms with Gasteiger partial charge in [-0.3, -0.25) is 4.68 Å². The molecule has 2 unspecified atom stereocenters. The van der Waals surface area contributed by atoms with E-state index < -0.39 is 0 Å². The van der Waals surface area contributed by atoms with E-state index in [9.17, 15) is 5.11 Å². The van der Waals surface area contributed by atoms with Gasteiger partial charge in [0.2, 0.25) is 0 Å². The molecular weight excluding hydrogens is 226 g/mol. The van der Waals surface area contributed by atoms with Gasteiger partial charge in [-0.05, 0) is 18.4 Å². The Balaban J connectivity index is 2.32. The van der Waals surface area contributed by atoms with Crippen molar-refractivity contribution in [1.82, 2.24) is 9.78 Å². The molecule has 0 saturated heterocycles. The molecule has 2 rings (SSSR count). The summed E-state index contributed by atoms with van der Waals surface area (Å²) in [5.74, 6) is 0.510. The van der Waals surface area contributed by atoms with Crippen molar-refractivity contribution in [2.24, 2.45) is 11.7 Å². The van der Waals surface area contributed by atoms with Gasteiger partial charge in [-0.25, -0.2) is 0 Å². The van der Waals surface area contributed by atoms with E-state index in [2.05, 4.69) is 18.9 Å². The molecule has 2 atom stereocenters. The van der Waals surface area contributed by atoms with Crippen LogP contribution in [0.3, 0.4) is 0 Å². The molecule has 98 valence electrons. The van der Waals surface area contributed by atoms with Crippen molar-refractivity contribution >= 4 is 10.9 Å².